The van der Waals surface area contributed by atoms with Crippen LogP contribution < -0.4 is 4.74 Å². The van der Waals surface area contributed by atoms with Gasteiger partial charge in [-0.2, -0.15) is 0 Å². The van der Waals surface area contributed by atoms with Crippen LogP contribution in [-0.4, -0.2) is 24.6 Å². The molecular weight excluding hydrogens is 340 g/mol. The molecule has 0 spiro atoms. The summed E-state index contributed by atoms with van der Waals surface area (Å²) in [5, 5.41) is 2.32. The van der Waals surface area contributed by atoms with Crippen molar-refractivity contribution < 1.29 is 9.47 Å². The minimum Gasteiger partial charge on any atom is -0.493 e. The third-order valence-corrected chi connectivity index (χ3v) is 5.21. The molecule has 1 heterocycles. The smallest absolute Gasteiger partial charge is 0.145 e. The van der Waals surface area contributed by atoms with E-state index in [1.807, 2.05) is 18.2 Å². The molecule has 1 atom stereocenters. The Kier molecular flexibility index (Phi) is 9.94. The van der Waals surface area contributed by atoms with Crippen LogP contribution in [-0.2, 0) is 0 Å². The van der Waals surface area contributed by atoms with Gasteiger partial charge >= 0.3 is 0 Å². The molecule has 1 N–H and O–H groups in total. The first kappa shape index (κ1) is 21.1. The maximum Gasteiger partial charge on any atom is 0.145 e. The Bertz CT molecular complexity index is 630. The van der Waals surface area contributed by atoms with Crippen molar-refractivity contribution in [3.05, 3.63) is 36.4 Å². The van der Waals surface area contributed by atoms with E-state index >= 15 is 0 Å². The lowest BCUT2D eigenvalue weighted by Crippen LogP contribution is -2.08. The normalized spacial score (nSPS) is 14.7. The van der Waals surface area contributed by atoms with E-state index in [1.54, 1.807) is 0 Å². The molecule has 0 bridgehead atoms. The molecule has 2 nitrogen and oxygen atoms in total. The van der Waals surface area contributed by atoms with Gasteiger partial charge in [-0.05, 0) is 29.9 Å². The van der Waals surface area contributed by atoms with Gasteiger partial charge < -0.3 is 9.47 Å². The molecule has 1 unspecified atom stereocenters. The first-order valence-electron chi connectivity index (χ1n) is 10.2. The van der Waals surface area contributed by atoms with E-state index in [0.717, 1.165) is 41.2 Å². The van der Waals surface area contributed by atoms with E-state index in [0.29, 0.717) is 5.92 Å². The zero-order valence-corrected chi connectivity index (χ0v) is 17.3. The number of unbranched alkanes of at least 4 members (excludes halogenated alkanes) is 3. The zero-order valence-electron chi connectivity index (χ0n) is 16.4. The second kappa shape index (κ2) is 12.2. The molecule has 0 radical (unpaired) electrons. The minimum atomic E-state index is 0.608. The number of hydrogen-bond acceptors (Lipinski definition) is 2. The van der Waals surface area contributed by atoms with Crippen molar-refractivity contribution in [3.63, 3.8) is 0 Å². The molecule has 1 aliphatic heterocycles. The highest BCUT2D eigenvalue weighted by atomic mass is 32.1. The Morgan fingerprint density at radius 2 is 1.73 bits per heavy atom. The van der Waals surface area contributed by atoms with Gasteiger partial charge in [-0.15, -0.1) is 12.6 Å². The van der Waals surface area contributed by atoms with Gasteiger partial charge in [0.25, 0.3) is 0 Å². The van der Waals surface area contributed by atoms with Gasteiger partial charge in [-0.1, -0.05) is 63.8 Å². The van der Waals surface area contributed by atoms with E-state index in [4.69, 9.17) is 4.74 Å². The second-order valence-electron chi connectivity index (χ2n) is 7.27. The highest BCUT2D eigenvalue weighted by Gasteiger charge is 2.07. The predicted molar refractivity (Wildman–Crippen MR) is 116 cm³/mol. The highest BCUT2D eigenvalue weighted by Crippen LogP contribution is 2.30. The van der Waals surface area contributed by atoms with Crippen molar-refractivity contribution in [2.24, 2.45) is 5.92 Å². The standard InChI is InChI=1S/C19H26OS.C4H8O/c1-3-4-5-6-9-15(2)14-20-18-12-13-19(21)17-11-8-7-10-16(17)18;1-2-4-5-3-1/h7-8,10-13,15,21H,3-6,9,14H2,1-2H3;1-4H2/p+1. The van der Waals surface area contributed by atoms with Crippen LogP contribution in [0.4, 0.5) is 0 Å². The summed E-state index contributed by atoms with van der Waals surface area (Å²) in [4.78, 5) is 1.01. The first-order valence-corrected chi connectivity index (χ1v) is 10.6. The largest absolute Gasteiger partial charge is 0.493 e. The summed E-state index contributed by atoms with van der Waals surface area (Å²) in [5.74, 6) is 1.58. The summed E-state index contributed by atoms with van der Waals surface area (Å²) in [5.41, 5.74) is 0. The topological polar surface area (TPSA) is 22.0 Å². The van der Waals surface area contributed by atoms with Crippen molar-refractivity contribution in [1.82, 2.24) is 0 Å². The molecule has 0 amide bonds. The fraction of sp³-hybridized carbons (Fsp3) is 0.565. The van der Waals surface area contributed by atoms with Crippen LogP contribution >= 0.6 is 12.6 Å². The molecule has 0 aromatic heterocycles. The van der Waals surface area contributed by atoms with Crippen LogP contribution in [0.3, 0.4) is 0 Å². The van der Waals surface area contributed by atoms with Crippen molar-refractivity contribution in [2.75, 3.05) is 19.8 Å². The van der Waals surface area contributed by atoms with Crippen LogP contribution in [0.15, 0.2) is 41.3 Å². The molecular formula is C23H35O2S+. The molecule has 26 heavy (non-hydrogen) atoms. The molecule has 0 aliphatic carbocycles. The second-order valence-corrected chi connectivity index (χ2v) is 7.75. The zero-order chi connectivity index (χ0) is 18.6. The number of benzene rings is 2. The molecule has 1 fully saturated rings. The maximum absolute atomic E-state index is 6.06. The fourth-order valence-electron chi connectivity index (χ4n) is 3.18. The molecule has 1 saturated heterocycles. The summed E-state index contributed by atoms with van der Waals surface area (Å²) in [6, 6.07) is 12.4. The van der Waals surface area contributed by atoms with Crippen molar-refractivity contribution in [1.29, 1.82) is 0 Å². The summed E-state index contributed by atoms with van der Waals surface area (Å²) in [7, 11) is 0. The van der Waals surface area contributed by atoms with E-state index in [1.165, 1.54) is 44.9 Å². The lowest BCUT2D eigenvalue weighted by Gasteiger charge is -2.15. The van der Waals surface area contributed by atoms with Crippen LogP contribution in [0.1, 0.15) is 58.8 Å². The van der Waals surface area contributed by atoms with E-state index in [9.17, 15) is 0 Å². The molecule has 3 heteroatoms. The quantitative estimate of drug-likeness (QED) is 0.321. The van der Waals surface area contributed by atoms with Gasteiger partial charge in [0.1, 0.15) is 19.0 Å². The number of fused-ring (bicyclic) bond motifs is 1. The molecule has 0 saturated carbocycles. The maximum atomic E-state index is 6.06. The van der Waals surface area contributed by atoms with Gasteiger partial charge in [0.15, 0.2) is 0 Å². The third kappa shape index (κ3) is 7.20. The monoisotopic (exact) mass is 375 g/mol. The Labute approximate surface area is 164 Å². The number of thiol groups is 1. The van der Waals surface area contributed by atoms with Crippen molar-refractivity contribution in [3.8, 4) is 5.75 Å². The molecule has 144 valence electrons. The van der Waals surface area contributed by atoms with Crippen LogP contribution in [0, 0.1) is 5.92 Å². The average Bonchev–Trinajstić information content (AvgIpc) is 3.25. The molecule has 2 aromatic carbocycles. The lowest BCUT2D eigenvalue weighted by atomic mass is 10.0. The number of rotatable bonds is 8. The van der Waals surface area contributed by atoms with Crippen LogP contribution in [0.5, 0.6) is 5.75 Å². The van der Waals surface area contributed by atoms with Gasteiger partial charge in [0.05, 0.1) is 6.61 Å². The first-order chi connectivity index (χ1) is 12.7. The SMILES string of the molecule is C1CC[OH+]C1.CCCCCCC(C)COc1ccc(S)c2ccccc12. The Morgan fingerprint density at radius 1 is 1.00 bits per heavy atom. The highest BCUT2D eigenvalue weighted by molar-refractivity contribution is 7.80. The van der Waals surface area contributed by atoms with Gasteiger partial charge in [-0.3, -0.25) is 0 Å². The van der Waals surface area contributed by atoms with Crippen LogP contribution in [0.2, 0.25) is 0 Å². The van der Waals surface area contributed by atoms with Crippen LogP contribution in [0.25, 0.3) is 10.8 Å². The van der Waals surface area contributed by atoms with E-state index in [-0.39, 0.29) is 0 Å². The van der Waals surface area contributed by atoms with E-state index in [2.05, 4.69) is 49.4 Å². The predicted octanol–water partition coefficient (Wildman–Crippen LogP) is 6.42. The number of hydrogen-bond donors (Lipinski definition) is 1. The molecule has 1 aliphatic rings. The van der Waals surface area contributed by atoms with E-state index < -0.39 is 0 Å². The Balaban J connectivity index is 0.000000417. The third-order valence-electron chi connectivity index (χ3n) is 4.82. The molecule has 3 rings (SSSR count). The summed E-state index contributed by atoms with van der Waals surface area (Å²) in [6.45, 7) is 7.58. The number of ether oxygens (including phenoxy) is 2. The summed E-state index contributed by atoms with van der Waals surface area (Å²) in [6.07, 6.45) is 9.23. The average molecular weight is 376 g/mol. The minimum absolute atomic E-state index is 0.608. The van der Waals surface area contributed by atoms with Gasteiger partial charge in [-0.25, -0.2) is 0 Å². The summed E-state index contributed by atoms with van der Waals surface area (Å²) >= 11 is 4.52. The molecule has 2 aromatic rings. The van der Waals surface area contributed by atoms with Gasteiger partial charge in [0, 0.05) is 23.1 Å². The van der Waals surface area contributed by atoms with Crippen molar-refractivity contribution in [2.45, 2.75) is 63.7 Å². The lowest BCUT2D eigenvalue weighted by molar-refractivity contribution is 0.0102. The van der Waals surface area contributed by atoms with Crippen molar-refractivity contribution >= 4 is 23.4 Å². The number of aliphatic hydroxyl groups is 2. The fourth-order valence-corrected chi connectivity index (χ4v) is 3.44. The Hall–Kier alpha value is -1.19. The summed E-state index contributed by atoms with van der Waals surface area (Å²) < 4.78 is 10.1. The Morgan fingerprint density at radius 3 is 2.38 bits per heavy atom. The van der Waals surface area contributed by atoms with Gasteiger partial charge in [0.2, 0.25) is 0 Å².